The first-order valence-electron chi connectivity index (χ1n) is 6.08. The van der Waals surface area contributed by atoms with Crippen LogP contribution in [0.25, 0.3) is 0 Å². The molecular formula is C14H20N2O. The highest BCUT2D eigenvalue weighted by atomic mass is 16.1. The lowest BCUT2D eigenvalue weighted by molar-refractivity contribution is 0.0932. The molecule has 3 N–H and O–H groups in total. The maximum Gasteiger partial charge on any atom is 0.252 e. The van der Waals surface area contributed by atoms with E-state index in [1.165, 1.54) is 5.56 Å². The Morgan fingerprint density at radius 2 is 1.82 bits per heavy atom. The van der Waals surface area contributed by atoms with Gasteiger partial charge in [-0.05, 0) is 44.7 Å². The monoisotopic (exact) mass is 232 g/mol. The quantitative estimate of drug-likeness (QED) is 0.835. The van der Waals surface area contributed by atoms with Gasteiger partial charge in [-0.25, -0.2) is 0 Å². The molecule has 3 heteroatoms. The predicted molar refractivity (Wildman–Crippen MR) is 69.1 cm³/mol. The van der Waals surface area contributed by atoms with Crippen LogP contribution < -0.4 is 11.1 Å². The first-order chi connectivity index (χ1) is 7.97. The lowest BCUT2D eigenvalue weighted by atomic mass is 9.99. The summed E-state index contributed by atoms with van der Waals surface area (Å²) >= 11 is 0. The van der Waals surface area contributed by atoms with E-state index in [-0.39, 0.29) is 11.4 Å². The molecule has 0 heterocycles. The average molecular weight is 232 g/mol. The van der Waals surface area contributed by atoms with Gasteiger partial charge < -0.3 is 11.1 Å². The van der Waals surface area contributed by atoms with Gasteiger partial charge in [0.15, 0.2) is 0 Å². The van der Waals surface area contributed by atoms with Gasteiger partial charge in [-0.2, -0.15) is 0 Å². The number of nitrogens with one attached hydrogen (secondary N) is 1. The topological polar surface area (TPSA) is 55.1 Å². The SMILES string of the molecule is Cc1cc(C)c(C(=O)NC2(CN)CC2)c(C)c1. The third kappa shape index (κ3) is 2.34. The molecule has 0 bridgehead atoms. The zero-order chi connectivity index (χ0) is 12.6. The number of benzene rings is 1. The van der Waals surface area contributed by atoms with Gasteiger partial charge in [0.25, 0.3) is 5.91 Å². The number of rotatable bonds is 3. The van der Waals surface area contributed by atoms with E-state index in [4.69, 9.17) is 5.73 Å². The highest BCUT2D eigenvalue weighted by Gasteiger charge is 2.42. The van der Waals surface area contributed by atoms with Crippen LogP contribution in [0.5, 0.6) is 0 Å². The van der Waals surface area contributed by atoms with Crippen molar-refractivity contribution in [2.45, 2.75) is 39.2 Å². The minimum Gasteiger partial charge on any atom is -0.345 e. The summed E-state index contributed by atoms with van der Waals surface area (Å²) in [4.78, 5) is 12.2. The highest BCUT2D eigenvalue weighted by molar-refractivity contribution is 5.97. The number of amides is 1. The van der Waals surface area contributed by atoms with Gasteiger partial charge in [0.05, 0.1) is 5.54 Å². The Morgan fingerprint density at radius 3 is 2.24 bits per heavy atom. The van der Waals surface area contributed by atoms with Crippen LogP contribution in [0, 0.1) is 20.8 Å². The van der Waals surface area contributed by atoms with E-state index in [0.717, 1.165) is 29.5 Å². The van der Waals surface area contributed by atoms with Gasteiger partial charge in [-0.1, -0.05) is 17.7 Å². The van der Waals surface area contributed by atoms with E-state index in [0.29, 0.717) is 6.54 Å². The summed E-state index contributed by atoms with van der Waals surface area (Å²) in [5.74, 6) is 0.0166. The van der Waals surface area contributed by atoms with E-state index in [1.54, 1.807) is 0 Å². The fourth-order valence-corrected chi connectivity index (χ4v) is 2.37. The molecular weight excluding hydrogens is 212 g/mol. The molecule has 1 fully saturated rings. The second-order valence-electron chi connectivity index (χ2n) is 5.21. The molecule has 1 aliphatic carbocycles. The molecule has 0 spiro atoms. The van der Waals surface area contributed by atoms with Gasteiger partial charge in [0, 0.05) is 12.1 Å². The van der Waals surface area contributed by atoms with Crippen molar-refractivity contribution >= 4 is 5.91 Å². The Labute approximate surface area is 102 Å². The lowest BCUT2D eigenvalue weighted by Gasteiger charge is -2.17. The molecule has 0 atom stereocenters. The molecule has 3 nitrogen and oxygen atoms in total. The largest absolute Gasteiger partial charge is 0.345 e. The first-order valence-corrected chi connectivity index (χ1v) is 6.08. The summed E-state index contributed by atoms with van der Waals surface area (Å²) in [5.41, 5.74) is 9.62. The van der Waals surface area contributed by atoms with Crippen LogP contribution in [-0.4, -0.2) is 18.0 Å². The van der Waals surface area contributed by atoms with Gasteiger partial charge in [-0.3, -0.25) is 4.79 Å². The van der Waals surface area contributed by atoms with Crippen LogP contribution in [-0.2, 0) is 0 Å². The Balaban J connectivity index is 2.25. The number of aryl methyl sites for hydroxylation is 3. The van der Waals surface area contributed by atoms with Crippen LogP contribution in [0.15, 0.2) is 12.1 Å². The normalized spacial score (nSPS) is 16.7. The van der Waals surface area contributed by atoms with Crippen LogP contribution in [0.1, 0.15) is 39.9 Å². The Morgan fingerprint density at radius 1 is 1.29 bits per heavy atom. The molecule has 0 aliphatic heterocycles. The predicted octanol–water partition coefficient (Wildman–Crippen LogP) is 1.83. The number of nitrogens with two attached hydrogens (primary N) is 1. The second kappa shape index (κ2) is 4.15. The molecule has 92 valence electrons. The molecule has 0 saturated heterocycles. The fraction of sp³-hybridized carbons (Fsp3) is 0.500. The Bertz CT molecular complexity index is 438. The summed E-state index contributed by atoms with van der Waals surface area (Å²) in [6.45, 7) is 6.54. The lowest BCUT2D eigenvalue weighted by Crippen LogP contribution is -2.42. The van der Waals surface area contributed by atoms with E-state index in [9.17, 15) is 4.79 Å². The van der Waals surface area contributed by atoms with Crippen molar-refractivity contribution in [2.75, 3.05) is 6.54 Å². The van der Waals surface area contributed by atoms with E-state index >= 15 is 0 Å². The van der Waals surface area contributed by atoms with Crippen molar-refractivity contribution < 1.29 is 4.79 Å². The van der Waals surface area contributed by atoms with Gasteiger partial charge >= 0.3 is 0 Å². The van der Waals surface area contributed by atoms with Gasteiger partial charge in [-0.15, -0.1) is 0 Å². The maximum absolute atomic E-state index is 12.2. The standard InChI is InChI=1S/C14H20N2O/c1-9-6-10(2)12(11(3)7-9)13(17)16-14(8-15)4-5-14/h6-7H,4-5,8,15H2,1-3H3,(H,16,17). The number of hydrogen-bond acceptors (Lipinski definition) is 2. The number of carbonyl (C=O) groups is 1. The van der Waals surface area contributed by atoms with E-state index in [2.05, 4.69) is 5.32 Å². The maximum atomic E-state index is 12.2. The van der Waals surface area contributed by atoms with Crippen LogP contribution in [0.4, 0.5) is 0 Å². The molecule has 1 amide bonds. The van der Waals surface area contributed by atoms with Gasteiger partial charge in [0.2, 0.25) is 0 Å². The first kappa shape index (κ1) is 12.1. The molecule has 0 aromatic heterocycles. The minimum atomic E-state index is -0.124. The van der Waals surface area contributed by atoms with E-state index < -0.39 is 0 Å². The molecule has 1 aliphatic rings. The number of carbonyl (C=O) groups excluding carboxylic acids is 1. The second-order valence-corrected chi connectivity index (χ2v) is 5.21. The van der Waals surface area contributed by atoms with Crippen molar-refractivity contribution in [3.8, 4) is 0 Å². The summed E-state index contributed by atoms with van der Waals surface area (Å²) in [6, 6.07) is 4.09. The molecule has 1 aromatic carbocycles. The van der Waals surface area contributed by atoms with Crippen molar-refractivity contribution in [1.29, 1.82) is 0 Å². The third-order valence-electron chi connectivity index (χ3n) is 3.53. The smallest absolute Gasteiger partial charge is 0.252 e. The summed E-state index contributed by atoms with van der Waals surface area (Å²) in [6.07, 6.45) is 2.00. The fourth-order valence-electron chi connectivity index (χ4n) is 2.37. The van der Waals surface area contributed by atoms with Crippen LogP contribution in [0.2, 0.25) is 0 Å². The van der Waals surface area contributed by atoms with Crippen molar-refractivity contribution in [2.24, 2.45) is 5.73 Å². The van der Waals surface area contributed by atoms with Crippen molar-refractivity contribution in [3.63, 3.8) is 0 Å². The Hall–Kier alpha value is -1.35. The zero-order valence-corrected chi connectivity index (χ0v) is 10.8. The minimum absolute atomic E-state index is 0.0166. The molecule has 1 aromatic rings. The van der Waals surface area contributed by atoms with Crippen LogP contribution in [0.3, 0.4) is 0 Å². The molecule has 2 rings (SSSR count). The van der Waals surface area contributed by atoms with Gasteiger partial charge in [0.1, 0.15) is 0 Å². The van der Waals surface area contributed by atoms with Crippen molar-refractivity contribution in [1.82, 2.24) is 5.32 Å². The van der Waals surface area contributed by atoms with Crippen molar-refractivity contribution in [3.05, 3.63) is 34.4 Å². The number of hydrogen-bond donors (Lipinski definition) is 2. The summed E-state index contributed by atoms with van der Waals surface area (Å²) in [7, 11) is 0. The highest BCUT2D eigenvalue weighted by Crippen LogP contribution is 2.34. The Kier molecular flexibility index (Phi) is 2.96. The molecule has 1 saturated carbocycles. The van der Waals surface area contributed by atoms with E-state index in [1.807, 2.05) is 32.9 Å². The third-order valence-corrected chi connectivity index (χ3v) is 3.53. The zero-order valence-electron chi connectivity index (χ0n) is 10.8. The van der Waals surface area contributed by atoms with Crippen LogP contribution >= 0.6 is 0 Å². The molecule has 17 heavy (non-hydrogen) atoms. The summed E-state index contributed by atoms with van der Waals surface area (Å²) < 4.78 is 0. The average Bonchev–Trinajstić information content (AvgIpc) is 2.96. The summed E-state index contributed by atoms with van der Waals surface area (Å²) in [5, 5.41) is 3.07. The molecule has 0 radical (unpaired) electrons. The molecule has 0 unspecified atom stereocenters.